The van der Waals surface area contributed by atoms with E-state index in [0.717, 1.165) is 0 Å². The third kappa shape index (κ3) is 2.32. The number of hydrogen-bond donors (Lipinski definition) is 1. The first-order valence-corrected chi connectivity index (χ1v) is 4.14. The van der Waals surface area contributed by atoms with E-state index in [1.807, 2.05) is 0 Å². The second-order valence-corrected chi connectivity index (χ2v) is 2.69. The van der Waals surface area contributed by atoms with Gasteiger partial charge in [0, 0.05) is 6.21 Å². The first-order chi connectivity index (χ1) is 6.15. The minimum absolute atomic E-state index is 0.137. The molecule has 2 N–H and O–H groups in total. The van der Waals surface area contributed by atoms with Crippen LogP contribution in [0.5, 0.6) is 0 Å². The Hall–Kier alpha value is -1.30. The number of amidine groups is 1. The molecule has 1 rings (SSSR count). The highest BCUT2D eigenvalue weighted by molar-refractivity contribution is 7.80. The van der Waals surface area contributed by atoms with E-state index in [1.165, 1.54) is 6.21 Å². The van der Waals surface area contributed by atoms with Crippen LogP contribution in [0, 0.1) is 5.92 Å². The summed E-state index contributed by atoms with van der Waals surface area (Å²) in [4.78, 5) is 18.6. The number of aliphatic imine (C=N–C) groups is 2. The van der Waals surface area contributed by atoms with E-state index in [2.05, 4.69) is 22.2 Å². The first-order valence-electron chi connectivity index (χ1n) is 3.74. The topological polar surface area (TPSA) is 77.0 Å². The van der Waals surface area contributed by atoms with Crippen LogP contribution in [0.4, 0.5) is 0 Å². The molecule has 0 aromatic carbocycles. The maximum absolute atomic E-state index is 11.2. The van der Waals surface area contributed by atoms with Crippen molar-refractivity contribution in [1.82, 2.24) is 0 Å². The van der Waals surface area contributed by atoms with E-state index in [9.17, 15) is 4.79 Å². The SMILES string of the molecule is CCOC(=O)[C@@H]1C=NC(=S)N=C1N. The summed E-state index contributed by atoms with van der Waals surface area (Å²) >= 11 is 4.67. The molecule has 0 unspecified atom stereocenters. The van der Waals surface area contributed by atoms with Gasteiger partial charge in [0.15, 0.2) is 0 Å². The maximum atomic E-state index is 11.2. The van der Waals surface area contributed by atoms with Crippen molar-refractivity contribution >= 4 is 35.3 Å². The molecule has 1 aliphatic rings. The predicted octanol–water partition coefficient (Wildman–Crippen LogP) is -0.108. The van der Waals surface area contributed by atoms with Crippen molar-refractivity contribution < 1.29 is 9.53 Å². The third-order valence-electron chi connectivity index (χ3n) is 1.42. The van der Waals surface area contributed by atoms with Gasteiger partial charge in [-0.25, -0.2) is 9.98 Å². The largest absolute Gasteiger partial charge is 0.465 e. The number of carbonyl (C=O) groups is 1. The van der Waals surface area contributed by atoms with Gasteiger partial charge in [-0.15, -0.1) is 0 Å². The molecule has 0 saturated carbocycles. The molecule has 0 bridgehead atoms. The molecule has 6 heteroatoms. The van der Waals surface area contributed by atoms with E-state index in [1.54, 1.807) is 6.92 Å². The maximum Gasteiger partial charge on any atom is 0.322 e. The number of nitrogens with two attached hydrogens (primary N) is 1. The molecule has 0 saturated heterocycles. The molecule has 13 heavy (non-hydrogen) atoms. The van der Waals surface area contributed by atoms with E-state index in [-0.39, 0.29) is 10.9 Å². The van der Waals surface area contributed by atoms with Crippen molar-refractivity contribution in [2.24, 2.45) is 21.6 Å². The van der Waals surface area contributed by atoms with E-state index >= 15 is 0 Å². The van der Waals surface area contributed by atoms with Crippen molar-refractivity contribution in [2.45, 2.75) is 6.92 Å². The summed E-state index contributed by atoms with van der Waals surface area (Å²) in [6, 6.07) is 0. The summed E-state index contributed by atoms with van der Waals surface area (Å²) in [5.41, 5.74) is 5.47. The van der Waals surface area contributed by atoms with Crippen LogP contribution in [0.3, 0.4) is 0 Å². The fourth-order valence-electron chi connectivity index (χ4n) is 0.837. The Bertz CT molecular complexity index is 298. The molecule has 1 aliphatic heterocycles. The molecule has 0 aliphatic carbocycles. The minimum atomic E-state index is -0.688. The summed E-state index contributed by atoms with van der Waals surface area (Å²) < 4.78 is 4.75. The highest BCUT2D eigenvalue weighted by Gasteiger charge is 2.24. The van der Waals surface area contributed by atoms with Gasteiger partial charge in [0.2, 0.25) is 5.11 Å². The summed E-state index contributed by atoms with van der Waals surface area (Å²) in [7, 11) is 0. The Morgan fingerprint density at radius 3 is 3.08 bits per heavy atom. The average Bonchev–Trinajstić information content (AvgIpc) is 2.04. The zero-order chi connectivity index (χ0) is 9.84. The molecule has 1 atom stereocenters. The number of rotatable bonds is 2. The lowest BCUT2D eigenvalue weighted by molar-refractivity contribution is -0.143. The Labute approximate surface area is 80.7 Å². The fourth-order valence-corrected chi connectivity index (χ4v) is 1.00. The molecular formula is C7H9N3O2S. The van der Waals surface area contributed by atoms with Crippen LogP contribution in [0.25, 0.3) is 0 Å². The van der Waals surface area contributed by atoms with E-state index in [4.69, 9.17) is 10.5 Å². The van der Waals surface area contributed by atoms with Crippen molar-refractivity contribution in [1.29, 1.82) is 0 Å². The Balaban J connectivity index is 2.72. The second-order valence-electron chi connectivity index (χ2n) is 2.33. The number of esters is 1. The van der Waals surface area contributed by atoms with Gasteiger partial charge in [-0.05, 0) is 19.1 Å². The summed E-state index contributed by atoms with van der Waals surface area (Å²) in [6.45, 7) is 2.02. The van der Waals surface area contributed by atoms with Crippen molar-refractivity contribution in [3.8, 4) is 0 Å². The van der Waals surface area contributed by atoms with E-state index in [0.29, 0.717) is 6.61 Å². The molecule has 0 aromatic heterocycles. The number of nitrogens with zero attached hydrogens (tertiary/aromatic N) is 2. The normalized spacial score (nSPS) is 21.2. The lowest BCUT2D eigenvalue weighted by Crippen LogP contribution is -2.35. The van der Waals surface area contributed by atoms with Gasteiger partial charge in [0.25, 0.3) is 0 Å². The summed E-state index contributed by atoms with van der Waals surface area (Å²) in [5, 5.41) is 0.137. The number of carbonyl (C=O) groups excluding carboxylic acids is 1. The minimum Gasteiger partial charge on any atom is -0.465 e. The van der Waals surface area contributed by atoms with Crippen molar-refractivity contribution in [3.05, 3.63) is 0 Å². The quantitative estimate of drug-likeness (QED) is 0.497. The molecule has 0 spiro atoms. The third-order valence-corrected chi connectivity index (χ3v) is 1.61. The Morgan fingerprint density at radius 1 is 1.85 bits per heavy atom. The fraction of sp³-hybridized carbons (Fsp3) is 0.429. The van der Waals surface area contributed by atoms with Crippen LogP contribution in [0.1, 0.15) is 6.92 Å². The van der Waals surface area contributed by atoms with Crippen LogP contribution in [0.15, 0.2) is 9.98 Å². The van der Waals surface area contributed by atoms with Crippen LogP contribution >= 0.6 is 12.2 Å². The number of ether oxygens (including phenoxy) is 1. The lowest BCUT2D eigenvalue weighted by Gasteiger charge is -2.12. The van der Waals surface area contributed by atoms with Gasteiger partial charge in [0.1, 0.15) is 11.8 Å². The zero-order valence-electron chi connectivity index (χ0n) is 7.06. The van der Waals surface area contributed by atoms with Gasteiger partial charge in [0.05, 0.1) is 6.61 Å². The molecular weight excluding hydrogens is 190 g/mol. The molecule has 0 amide bonds. The number of hydrogen-bond acceptors (Lipinski definition) is 4. The second kappa shape index (κ2) is 4.08. The molecule has 70 valence electrons. The highest BCUT2D eigenvalue weighted by Crippen LogP contribution is 2.04. The van der Waals surface area contributed by atoms with Gasteiger partial charge < -0.3 is 10.5 Å². The molecule has 0 fully saturated rings. The molecule has 0 radical (unpaired) electrons. The zero-order valence-corrected chi connectivity index (χ0v) is 7.87. The Kier molecular flexibility index (Phi) is 3.07. The van der Waals surface area contributed by atoms with Crippen LogP contribution in [0.2, 0.25) is 0 Å². The molecule has 5 nitrogen and oxygen atoms in total. The van der Waals surface area contributed by atoms with Crippen LogP contribution < -0.4 is 5.73 Å². The van der Waals surface area contributed by atoms with Crippen LogP contribution in [-0.2, 0) is 9.53 Å². The number of thiocarbonyl (C=S) groups is 1. The van der Waals surface area contributed by atoms with Crippen molar-refractivity contribution in [3.63, 3.8) is 0 Å². The standard InChI is InChI=1S/C7H9N3O2S/c1-2-12-6(11)4-3-9-7(13)10-5(4)8/h3-4H,2H2,1H3,(H2,8,10,13)/t4-/m1/s1. The van der Waals surface area contributed by atoms with Crippen LogP contribution in [-0.4, -0.2) is 29.7 Å². The monoisotopic (exact) mass is 199 g/mol. The van der Waals surface area contributed by atoms with Gasteiger partial charge in [-0.2, -0.15) is 0 Å². The summed E-state index contributed by atoms with van der Waals surface area (Å²) in [6.07, 6.45) is 1.35. The lowest BCUT2D eigenvalue weighted by atomic mass is 10.1. The first kappa shape index (κ1) is 9.79. The van der Waals surface area contributed by atoms with Gasteiger partial charge in [-0.3, -0.25) is 4.79 Å². The highest BCUT2D eigenvalue weighted by atomic mass is 32.1. The summed E-state index contributed by atoms with van der Waals surface area (Å²) in [5.74, 6) is -1.000. The van der Waals surface area contributed by atoms with Gasteiger partial charge in [-0.1, -0.05) is 0 Å². The van der Waals surface area contributed by atoms with Gasteiger partial charge >= 0.3 is 5.97 Å². The Morgan fingerprint density at radius 2 is 2.54 bits per heavy atom. The smallest absolute Gasteiger partial charge is 0.322 e. The molecule has 0 aromatic rings. The predicted molar refractivity (Wildman–Crippen MR) is 52.8 cm³/mol. The average molecular weight is 199 g/mol. The van der Waals surface area contributed by atoms with Crippen molar-refractivity contribution in [2.75, 3.05) is 6.61 Å². The van der Waals surface area contributed by atoms with E-state index < -0.39 is 11.9 Å². The molecule has 1 heterocycles.